The van der Waals surface area contributed by atoms with E-state index >= 15 is 0 Å². The molecule has 0 saturated heterocycles. The fourth-order valence-electron chi connectivity index (χ4n) is 1.05. The summed E-state index contributed by atoms with van der Waals surface area (Å²) in [6, 6.07) is 0.0755. The molecule has 0 aliphatic carbocycles. The molecule has 80 valence electrons. The van der Waals surface area contributed by atoms with E-state index in [9.17, 15) is 0 Å². The lowest BCUT2D eigenvalue weighted by Crippen LogP contribution is -2.47. The lowest BCUT2D eigenvalue weighted by molar-refractivity contribution is 0.0104. The Labute approximate surface area is 80.7 Å². The first-order valence-electron chi connectivity index (χ1n) is 4.91. The quantitative estimate of drug-likeness (QED) is 0.335. The Morgan fingerprint density at radius 1 is 1.38 bits per heavy atom. The van der Waals surface area contributed by atoms with Crippen LogP contribution in [0.2, 0.25) is 0 Å². The van der Waals surface area contributed by atoms with Gasteiger partial charge in [0, 0.05) is 13.2 Å². The molecule has 4 heteroatoms. The van der Waals surface area contributed by atoms with Gasteiger partial charge in [0.1, 0.15) is 0 Å². The summed E-state index contributed by atoms with van der Waals surface area (Å²) in [6.07, 6.45) is 1.12. The van der Waals surface area contributed by atoms with Gasteiger partial charge in [-0.1, -0.05) is 6.92 Å². The van der Waals surface area contributed by atoms with Crippen LogP contribution in [-0.4, -0.2) is 32.0 Å². The zero-order chi connectivity index (χ0) is 10.1. The van der Waals surface area contributed by atoms with Crippen molar-refractivity contribution in [3.63, 3.8) is 0 Å². The average molecular weight is 190 g/mol. The molecule has 0 spiro atoms. The van der Waals surface area contributed by atoms with Crippen molar-refractivity contribution in [3.05, 3.63) is 0 Å². The summed E-state index contributed by atoms with van der Waals surface area (Å²) in [5.41, 5.74) is 2.70. The first kappa shape index (κ1) is 12.8. The Morgan fingerprint density at radius 3 is 2.54 bits per heavy atom. The minimum absolute atomic E-state index is 0.0755. The van der Waals surface area contributed by atoms with Crippen LogP contribution in [0.25, 0.3) is 0 Å². The molecular formula is C9H22N2O2. The molecule has 2 atom stereocenters. The summed E-state index contributed by atoms with van der Waals surface area (Å²) in [5.74, 6) is 5.38. The van der Waals surface area contributed by atoms with Gasteiger partial charge in [-0.2, -0.15) is 0 Å². The summed E-state index contributed by atoms with van der Waals surface area (Å²) in [4.78, 5) is 0. The molecule has 0 aliphatic rings. The Hall–Kier alpha value is -0.160. The number of rotatable bonds is 8. The van der Waals surface area contributed by atoms with Gasteiger partial charge in [-0.3, -0.25) is 11.3 Å². The molecule has 3 N–H and O–H groups in total. The van der Waals surface area contributed by atoms with Crippen LogP contribution in [0.4, 0.5) is 0 Å². The van der Waals surface area contributed by atoms with Crippen LogP contribution in [0.5, 0.6) is 0 Å². The summed E-state index contributed by atoms with van der Waals surface area (Å²) in [6.45, 7) is 8.12. The van der Waals surface area contributed by atoms with Crippen molar-refractivity contribution in [2.24, 2.45) is 5.84 Å². The summed E-state index contributed by atoms with van der Waals surface area (Å²) >= 11 is 0. The van der Waals surface area contributed by atoms with Gasteiger partial charge in [0.2, 0.25) is 0 Å². The van der Waals surface area contributed by atoms with Crippen molar-refractivity contribution in [1.82, 2.24) is 5.43 Å². The molecule has 0 amide bonds. The number of ether oxygens (including phenoxy) is 2. The molecule has 4 nitrogen and oxygen atoms in total. The maximum atomic E-state index is 5.40. The van der Waals surface area contributed by atoms with Gasteiger partial charge in [-0.05, 0) is 20.3 Å². The largest absolute Gasteiger partial charge is 0.380 e. The van der Waals surface area contributed by atoms with Crippen LogP contribution in [0.15, 0.2) is 0 Å². The van der Waals surface area contributed by atoms with Gasteiger partial charge in [0.05, 0.1) is 18.8 Å². The second-order valence-corrected chi connectivity index (χ2v) is 3.01. The number of nitrogens with two attached hydrogens (primary N) is 1. The van der Waals surface area contributed by atoms with Gasteiger partial charge in [-0.25, -0.2) is 0 Å². The van der Waals surface area contributed by atoms with Gasteiger partial charge in [-0.15, -0.1) is 0 Å². The Morgan fingerprint density at radius 2 is 2.08 bits per heavy atom. The van der Waals surface area contributed by atoms with Crippen molar-refractivity contribution >= 4 is 0 Å². The predicted molar refractivity (Wildman–Crippen MR) is 53.3 cm³/mol. The zero-order valence-corrected chi connectivity index (χ0v) is 8.88. The lowest BCUT2D eigenvalue weighted by atomic mass is 10.2. The average Bonchev–Trinajstić information content (AvgIpc) is 2.13. The third kappa shape index (κ3) is 5.99. The fourth-order valence-corrected chi connectivity index (χ4v) is 1.05. The number of hydrogen-bond donors (Lipinski definition) is 2. The van der Waals surface area contributed by atoms with Crippen LogP contribution >= 0.6 is 0 Å². The zero-order valence-electron chi connectivity index (χ0n) is 8.88. The third-order valence-corrected chi connectivity index (χ3v) is 1.86. The smallest absolute Gasteiger partial charge is 0.0735 e. The fraction of sp³-hybridized carbons (Fsp3) is 1.00. The van der Waals surface area contributed by atoms with Crippen molar-refractivity contribution < 1.29 is 9.47 Å². The topological polar surface area (TPSA) is 56.5 Å². The molecule has 0 aromatic heterocycles. The van der Waals surface area contributed by atoms with E-state index in [4.69, 9.17) is 15.3 Å². The molecule has 0 aromatic rings. The van der Waals surface area contributed by atoms with Crippen LogP contribution in [0.1, 0.15) is 27.2 Å². The number of hydrogen-bond acceptors (Lipinski definition) is 4. The van der Waals surface area contributed by atoms with E-state index in [1.54, 1.807) is 0 Å². The Kier molecular flexibility index (Phi) is 8.33. The van der Waals surface area contributed by atoms with Gasteiger partial charge < -0.3 is 9.47 Å². The van der Waals surface area contributed by atoms with E-state index in [-0.39, 0.29) is 12.1 Å². The number of nitrogens with one attached hydrogen (secondary N) is 1. The normalized spacial score (nSPS) is 15.7. The van der Waals surface area contributed by atoms with E-state index < -0.39 is 0 Å². The highest BCUT2D eigenvalue weighted by atomic mass is 16.5. The highest BCUT2D eigenvalue weighted by Crippen LogP contribution is 1.99. The number of hydrazine groups is 1. The van der Waals surface area contributed by atoms with Gasteiger partial charge >= 0.3 is 0 Å². The standard InChI is InChI=1S/C9H22N2O2/c1-4-6-12-7-9(11-10)8(3)13-5-2/h8-9,11H,4-7,10H2,1-3H3. The Bertz CT molecular complexity index is 112. The maximum Gasteiger partial charge on any atom is 0.0735 e. The molecule has 0 aliphatic heterocycles. The summed E-state index contributed by atoms with van der Waals surface area (Å²) in [7, 11) is 0. The monoisotopic (exact) mass is 190 g/mol. The van der Waals surface area contributed by atoms with Gasteiger partial charge in [0.15, 0.2) is 0 Å². The van der Waals surface area contributed by atoms with Crippen LogP contribution in [0.3, 0.4) is 0 Å². The van der Waals surface area contributed by atoms with Crippen LogP contribution < -0.4 is 11.3 Å². The molecule has 0 saturated carbocycles. The molecule has 0 rings (SSSR count). The van der Waals surface area contributed by atoms with E-state index in [0.717, 1.165) is 13.0 Å². The van der Waals surface area contributed by atoms with E-state index in [1.807, 2.05) is 13.8 Å². The molecule has 0 heterocycles. The van der Waals surface area contributed by atoms with Crippen LogP contribution in [0, 0.1) is 0 Å². The molecular weight excluding hydrogens is 168 g/mol. The third-order valence-electron chi connectivity index (χ3n) is 1.86. The lowest BCUT2D eigenvalue weighted by Gasteiger charge is -2.22. The molecule has 0 bridgehead atoms. The molecule has 0 fully saturated rings. The van der Waals surface area contributed by atoms with Crippen molar-refractivity contribution in [2.45, 2.75) is 39.3 Å². The minimum Gasteiger partial charge on any atom is -0.380 e. The first-order chi connectivity index (χ1) is 6.26. The molecule has 13 heavy (non-hydrogen) atoms. The van der Waals surface area contributed by atoms with Crippen molar-refractivity contribution in [1.29, 1.82) is 0 Å². The van der Waals surface area contributed by atoms with Crippen LogP contribution in [-0.2, 0) is 9.47 Å². The molecule has 0 aromatic carbocycles. The summed E-state index contributed by atoms with van der Waals surface area (Å²) in [5, 5.41) is 0. The van der Waals surface area contributed by atoms with Gasteiger partial charge in [0.25, 0.3) is 0 Å². The Balaban J connectivity index is 3.60. The maximum absolute atomic E-state index is 5.40. The van der Waals surface area contributed by atoms with Crippen molar-refractivity contribution in [2.75, 3.05) is 19.8 Å². The minimum atomic E-state index is 0.0755. The van der Waals surface area contributed by atoms with E-state index in [1.165, 1.54) is 0 Å². The molecule has 0 radical (unpaired) electrons. The highest BCUT2D eigenvalue weighted by Gasteiger charge is 2.15. The molecule has 2 unspecified atom stereocenters. The van der Waals surface area contributed by atoms with E-state index in [2.05, 4.69) is 12.3 Å². The second kappa shape index (κ2) is 8.44. The highest BCUT2D eigenvalue weighted by molar-refractivity contribution is 4.70. The predicted octanol–water partition coefficient (Wildman–Crippen LogP) is 0.670. The summed E-state index contributed by atoms with van der Waals surface area (Å²) < 4.78 is 10.8. The second-order valence-electron chi connectivity index (χ2n) is 3.01. The van der Waals surface area contributed by atoms with Crippen molar-refractivity contribution in [3.8, 4) is 0 Å². The first-order valence-corrected chi connectivity index (χ1v) is 4.91. The van der Waals surface area contributed by atoms with E-state index in [0.29, 0.717) is 13.2 Å². The SMILES string of the molecule is CCCOCC(NN)C(C)OCC.